The molecule has 0 saturated carbocycles. The lowest BCUT2D eigenvalue weighted by molar-refractivity contribution is 0.0738. The van der Waals surface area contributed by atoms with E-state index in [2.05, 4.69) is 9.82 Å². The molecule has 152 valence electrons. The quantitative estimate of drug-likeness (QED) is 0.668. The summed E-state index contributed by atoms with van der Waals surface area (Å²) >= 11 is 0. The van der Waals surface area contributed by atoms with E-state index in [4.69, 9.17) is 4.74 Å². The molecule has 8 nitrogen and oxygen atoms in total. The Hall–Kier alpha value is -2.91. The van der Waals surface area contributed by atoms with Gasteiger partial charge in [-0.05, 0) is 35.7 Å². The van der Waals surface area contributed by atoms with Crippen molar-refractivity contribution in [2.45, 2.75) is 11.3 Å². The number of amides is 1. The number of carbonyl (C=O) groups excluding carboxylic acids is 1. The van der Waals surface area contributed by atoms with Gasteiger partial charge in [0.2, 0.25) is 10.0 Å². The highest BCUT2D eigenvalue weighted by Crippen LogP contribution is 2.25. The third-order valence-corrected chi connectivity index (χ3v) is 6.45. The molecule has 1 aromatic heterocycles. The molecule has 0 bridgehead atoms. The second-order valence-electron chi connectivity index (χ2n) is 6.92. The molecule has 1 amide bonds. The van der Waals surface area contributed by atoms with Crippen LogP contribution in [0.3, 0.4) is 0 Å². The molecule has 1 aliphatic rings. The van der Waals surface area contributed by atoms with Gasteiger partial charge in [0.1, 0.15) is 0 Å². The first-order chi connectivity index (χ1) is 13.9. The molecule has 1 saturated heterocycles. The first kappa shape index (κ1) is 19.4. The summed E-state index contributed by atoms with van der Waals surface area (Å²) < 4.78 is 34.4. The summed E-state index contributed by atoms with van der Waals surface area (Å²) in [5, 5.41) is 5.29. The summed E-state index contributed by atoms with van der Waals surface area (Å²) in [5.74, 6) is 0. The van der Waals surface area contributed by atoms with Crippen LogP contribution in [-0.2, 0) is 21.8 Å². The van der Waals surface area contributed by atoms with Crippen molar-refractivity contribution in [1.82, 2.24) is 19.4 Å². The number of cyclic esters (lactones) is 1. The van der Waals surface area contributed by atoms with Crippen molar-refractivity contribution in [2.75, 3.05) is 26.2 Å². The molecule has 3 aromatic rings. The van der Waals surface area contributed by atoms with E-state index in [0.29, 0.717) is 13.2 Å². The minimum absolute atomic E-state index is 0.135. The average molecular weight is 414 g/mol. The van der Waals surface area contributed by atoms with Gasteiger partial charge in [0, 0.05) is 32.1 Å². The van der Waals surface area contributed by atoms with Gasteiger partial charge in [0.25, 0.3) is 0 Å². The highest BCUT2D eigenvalue weighted by molar-refractivity contribution is 7.89. The second-order valence-corrected chi connectivity index (χ2v) is 8.69. The van der Waals surface area contributed by atoms with E-state index in [-0.39, 0.29) is 18.0 Å². The Balaban J connectivity index is 1.44. The molecule has 9 heteroatoms. The minimum Gasteiger partial charge on any atom is -0.449 e. The van der Waals surface area contributed by atoms with Crippen LogP contribution in [0.1, 0.15) is 6.42 Å². The van der Waals surface area contributed by atoms with E-state index < -0.39 is 16.1 Å². The van der Waals surface area contributed by atoms with E-state index in [1.165, 1.54) is 4.90 Å². The number of sulfonamides is 1. The number of fused-ring (bicyclic) bond motifs is 1. The van der Waals surface area contributed by atoms with Crippen molar-refractivity contribution in [2.24, 2.45) is 7.05 Å². The van der Waals surface area contributed by atoms with Gasteiger partial charge in [-0.2, -0.15) is 5.10 Å². The van der Waals surface area contributed by atoms with Crippen LogP contribution < -0.4 is 4.72 Å². The van der Waals surface area contributed by atoms with Gasteiger partial charge in [-0.15, -0.1) is 0 Å². The summed E-state index contributed by atoms with van der Waals surface area (Å²) in [7, 11) is -1.77. The highest BCUT2D eigenvalue weighted by atomic mass is 32.2. The Morgan fingerprint density at radius 2 is 1.90 bits per heavy atom. The van der Waals surface area contributed by atoms with Crippen LogP contribution in [0, 0.1) is 0 Å². The van der Waals surface area contributed by atoms with Gasteiger partial charge in [0.05, 0.1) is 23.2 Å². The Morgan fingerprint density at radius 3 is 2.66 bits per heavy atom. The van der Waals surface area contributed by atoms with E-state index in [1.807, 2.05) is 31.4 Å². The number of nitrogens with zero attached hydrogens (tertiary/aromatic N) is 3. The first-order valence-corrected chi connectivity index (χ1v) is 10.9. The molecule has 0 unspecified atom stereocenters. The second kappa shape index (κ2) is 7.84. The minimum atomic E-state index is -3.65. The maximum Gasteiger partial charge on any atom is 0.409 e. The normalized spacial score (nSPS) is 14.9. The van der Waals surface area contributed by atoms with E-state index in [1.54, 1.807) is 28.9 Å². The van der Waals surface area contributed by atoms with Crippen molar-refractivity contribution in [3.8, 4) is 11.1 Å². The SMILES string of the molecule is Cn1ncc2ccc(-c3ccc(S(=O)(=O)NCCN4CCCOC4=O)cc3)cc21. The predicted octanol–water partition coefficient (Wildman–Crippen LogP) is 2.36. The average Bonchev–Trinajstić information content (AvgIpc) is 3.10. The zero-order chi connectivity index (χ0) is 20.4. The fraction of sp³-hybridized carbons (Fsp3) is 0.300. The molecule has 2 aromatic carbocycles. The molecule has 0 radical (unpaired) electrons. The molecule has 0 spiro atoms. The van der Waals surface area contributed by atoms with Crippen molar-refractivity contribution >= 4 is 27.0 Å². The molecule has 0 atom stereocenters. The van der Waals surface area contributed by atoms with Gasteiger partial charge in [-0.3, -0.25) is 4.68 Å². The molecule has 0 aliphatic carbocycles. The van der Waals surface area contributed by atoms with Gasteiger partial charge in [0.15, 0.2) is 0 Å². The van der Waals surface area contributed by atoms with Crippen LogP contribution in [-0.4, -0.2) is 55.4 Å². The fourth-order valence-electron chi connectivity index (χ4n) is 3.35. The summed E-state index contributed by atoms with van der Waals surface area (Å²) in [4.78, 5) is 13.3. The lowest BCUT2D eigenvalue weighted by Gasteiger charge is -2.26. The van der Waals surface area contributed by atoms with Gasteiger partial charge < -0.3 is 9.64 Å². The Morgan fingerprint density at radius 1 is 1.14 bits per heavy atom. The predicted molar refractivity (Wildman–Crippen MR) is 109 cm³/mol. The smallest absolute Gasteiger partial charge is 0.409 e. The number of nitrogens with one attached hydrogen (secondary N) is 1. The van der Waals surface area contributed by atoms with E-state index in [9.17, 15) is 13.2 Å². The van der Waals surface area contributed by atoms with Crippen molar-refractivity contribution in [1.29, 1.82) is 0 Å². The number of ether oxygens (including phenoxy) is 1. The largest absolute Gasteiger partial charge is 0.449 e. The lowest BCUT2D eigenvalue weighted by atomic mass is 10.0. The van der Waals surface area contributed by atoms with Crippen LogP contribution in [0.15, 0.2) is 53.6 Å². The maximum absolute atomic E-state index is 12.5. The molecule has 1 N–H and O–H groups in total. The topological polar surface area (TPSA) is 93.5 Å². The summed E-state index contributed by atoms with van der Waals surface area (Å²) in [6, 6.07) is 12.8. The Kier molecular flexibility index (Phi) is 5.25. The molecule has 4 rings (SSSR count). The summed E-state index contributed by atoms with van der Waals surface area (Å²) in [5.41, 5.74) is 2.92. The fourth-order valence-corrected chi connectivity index (χ4v) is 4.37. The molecular weight excluding hydrogens is 392 g/mol. The number of benzene rings is 2. The summed E-state index contributed by atoms with van der Waals surface area (Å²) in [6.45, 7) is 1.41. The Labute approximate surface area is 169 Å². The number of rotatable bonds is 6. The number of carbonyl (C=O) groups is 1. The van der Waals surface area contributed by atoms with Gasteiger partial charge >= 0.3 is 6.09 Å². The van der Waals surface area contributed by atoms with Gasteiger partial charge in [-0.25, -0.2) is 17.9 Å². The zero-order valence-corrected chi connectivity index (χ0v) is 16.9. The van der Waals surface area contributed by atoms with Crippen molar-refractivity contribution < 1.29 is 17.9 Å². The van der Waals surface area contributed by atoms with Gasteiger partial charge in [-0.1, -0.05) is 24.3 Å². The molecule has 1 aliphatic heterocycles. The molecule has 2 heterocycles. The number of aryl methyl sites for hydroxylation is 1. The summed E-state index contributed by atoms with van der Waals surface area (Å²) in [6.07, 6.45) is 2.17. The number of hydrogen-bond donors (Lipinski definition) is 1. The Bertz CT molecular complexity index is 1140. The number of aromatic nitrogens is 2. The van der Waals surface area contributed by atoms with Crippen LogP contribution >= 0.6 is 0 Å². The van der Waals surface area contributed by atoms with E-state index >= 15 is 0 Å². The van der Waals surface area contributed by atoms with E-state index in [0.717, 1.165) is 28.5 Å². The number of hydrogen-bond acceptors (Lipinski definition) is 5. The molecule has 1 fully saturated rings. The highest BCUT2D eigenvalue weighted by Gasteiger charge is 2.20. The standard InChI is InChI=1S/C20H22N4O4S/c1-23-19-13-16(3-4-17(19)14-21-23)15-5-7-18(8-6-15)29(26,27)22-9-11-24-10-2-12-28-20(24)25/h3-8,13-14,22H,2,9-12H2,1H3. The van der Waals surface area contributed by atoms with Crippen LogP contribution in [0.2, 0.25) is 0 Å². The van der Waals surface area contributed by atoms with Crippen LogP contribution in [0.4, 0.5) is 4.79 Å². The van der Waals surface area contributed by atoms with Crippen molar-refractivity contribution in [3.05, 3.63) is 48.7 Å². The lowest BCUT2D eigenvalue weighted by Crippen LogP contribution is -2.42. The third-order valence-electron chi connectivity index (χ3n) is 4.98. The molecular formula is C20H22N4O4S. The first-order valence-electron chi connectivity index (χ1n) is 9.38. The maximum atomic E-state index is 12.5. The third kappa shape index (κ3) is 4.10. The zero-order valence-electron chi connectivity index (χ0n) is 16.0. The molecule has 29 heavy (non-hydrogen) atoms. The van der Waals surface area contributed by atoms with Crippen LogP contribution in [0.5, 0.6) is 0 Å². The monoisotopic (exact) mass is 414 g/mol. The van der Waals surface area contributed by atoms with Crippen LogP contribution in [0.25, 0.3) is 22.0 Å². The van der Waals surface area contributed by atoms with Crippen molar-refractivity contribution in [3.63, 3.8) is 0 Å².